The van der Waals surface area contributed by atoms with Gasteiger partial charge >= 0.3 is 0 Å². The van der Waals surface area contributed by atoms with Crippen molar-refractivity contribution >= 4 is 5.82 Å². The summed E-state index contributed by atoms with van der Waals surface area (Å²) in [6.07, 6.45) is 0.818. The topological polar surface area (TPSA) is 71.9 Å². The van der Waals surface area contributed by atoms with E-state index in [1.54, 1.807) is 7.11 Å². The molecule has 0 spiro atoms. The fourth-order valence-corrected chi connectivity index (χ4v) is 2.34. The number of nitrogens with two attached hydrogens (primary N) is 1. The van der Waals surface area contributed by atoms with Crippen LogP contribution in [0.5, 0.6) is 5.75 Å². The highest BCUT2D eigenvalue weighted by molar-refractivity contribution is 5.79. The molecule has 0 aliphatic rings. The van der Waals surface area contributed by atoms with Crippen LogP contribution in [0.25, 0.3) is 11.1 Å². The first-order valence-corrected chi connectivity index (χ1v) is 6.89. The summed E-state index contributed by atoms with van der Waals surface area (Å²) >= 11 is 0. The summed E-state index contributed by atoms with van der Waals surface area (Å²) in [5, 5.41) is 9.39. The van der Waals surface area contributed by atoms with Crippen molar-refractivity contribution in [3.63, 3.8) is 0 Å². The third kappa shape index (κ3) is 3.14. The number of hydrogen-bond acceptors (Lipinski definition) is 4. The maximum atomic E-state index is 9.39. The summed E-state index contributed by atoms with van der Waals surface area (Å²) < 4.78 is 5.39. The van der Waals surface area contributed by atoms with Crippen molar-refractivity contribution in [2.75, 3.05) is 12.8 Å². The van der Waals surface area contributed by atoms with Gasteiger partial charge in [0.1, 0.15) is 23.2 Å². The zero-order valence-corrected chi connectivity index (χ0v) is 12.6. The van der Waals surface area contributed by atoms with E-state index >= 15 is 0 Å². The molecule has 0 saturated carbocycles. The highest BCUT2D eigenvalue weighted by atomic mass is 16.5. The van der Waals surface area contributed by atoms with Crippen molar-refractivity contribution in [1.82, 2.24) is 4.98 Å². The standard InChI is InChI=1S/C17H19N3O/c1-11(2)8-12-9-14(15(10-18)17(19)20-12)13-6-4-5-7-16(13)21-3/h4-7,9,11H,8H2,1-3H3,(H2,19,20). The Kier molecular flexibility index (Phi) is 4.44. The predicted octanol–water partition coefficient (Wildman–Crippen LogP) is 3.41. The van der Waals surface area contributed by atoms with Crippen LogP contribution in [0.15, 0.2) is 30.3 Å². The molecule has 0 saturated heterocycles. The Balaban J connectivity index is 2.66. The Labute approximate surface area is 125 Å². The van der Waals surface area contributed by atoms with Crippen LogP contribution in [0.1, 0.15) is 25.1 Å². The van der Waals surface area contributed by atoms with E-state index in [4.69, 9.17) is 10.5 Å². The highest BCUT2D eigenvalue weighted by Crippen LogP contribution is 2.34. The smallest absolute Gasteiger partial charge is 0.142 e. The van der Waals surface area contributed by atoms with Crippen molar-refractivity contribution in [1.29, 1.82) is 5.26 Å². The minimum Gasteiger partial charge on any atom is -0.496 e. The zero-order valence-electron chi connectivity index (χ0n) is 12.6. The first kappa shape index (κ1) is 14.9. The molecule has 0 radical (unpaired) electrons. The molecule has 1 aromatic heterocycles. The number of rotatable bonds is 4. The lowest BCUT2D eigenvalue weighted by molar-refractivity contribution is 0.416. The van der Waals surface area contributed by atoms with Gasteiger partial charge in [-0.3, -0.25) is 0 Å². The summed E-state index contributed by atoms with van der Waals surface area (Å²) in [6.45, 7) is 4.25. The second-order valence-electron chi connectivity index (χ2n) is 5.33. The fourth-order valence-electron chi connectivity index (χ4n) is 2.34. The van der Waals surface area contributed by atoms with Crippen molar-refractivity contribution in [3.8, 4) is 22.9 Å². The Morgan fingerprint density at radius 1 is 1.29 bits per heavy atom. The van der Waals surface area contributed by atoms with Crippen LogP contribution in [0.3, 0.4) is 0 Å². The molecule has 108 valence electrons. The highest BCUT2D eigenvalue weighted by Gasteiger charge is 2.15. The van der Waals surface area contributed by atoms with Gasteiger partial charge in [-0.05, 0) is 24.5 Å². The van der Waals surface area contributed by atoms with E-state index in [0.717, 1.165) is 29.0 Å². The van der Waals surface area contributed by atoms with Gasteiger partial charge < -0.3 is 10.5 Å². The Hall–Kier alpha value is -2.54. The Morgan fingerprint density at radius 2 is 2.00 bits per heavy atom. The summed E-state index contributed by atoms with van der Waals surface area (Å²) in [4.78, 5) is 4.34. The molecule has 21 heavy (non-hydrogen) atoms. The molecule has 0 aliphatic heterocycles. The van der Waals surface area contributed by atoms with Crippen LogP contribution in [0.2, 0.25) is 0 Å². The molecule has 0 atom stereocenters. The van der Waals surface area contributed by atoms with E-state index in [2.05, 4.69) is 24.9 Å². The maximum Gasteiger partial charge on any atom is 0.142 e. The largest absolute Gasteiger partial charge is 0.496 e. The first-order valence-electron chi connectivity index (χ1n) is 6.89. The SMILES string of the molecule is COc1ccccc1-c1cc(CC(C)C)nc(N)c1C#N. The normalized spacial score (nSPS) is 10.4. The number of nitrogens with zero attached hydrogens (tertiary/aromatic N) is 2. The Morgan fingerprint density at radius 3 is 2.62 bits per heavy atom. The minimum atomic E-state index is 0.275. The molecular weight excluding hydrogens is 262 g/mol. The van der Waals surface area contributed by atoms with Gasteiger partial charge in [0.15, 0.2) is 0 Å². The number of benzene rings is 1. The van der Waals surface area contributed by atoms with Crippen molar-refractivity contribution in [2.45, 2.75) is 20.3 Å². The van der Waals surface area contributed by atoms with E-state index in [0.29, 0.717) is 11.5 Å². The van der Waals surface area contributed by atoms with Crippen LogP contribution in [-0.2, 0) is 6.42 Å². The number of para-hydroxylation sites is 1. The second kappa shape index (κ2) is 6.27. The van der Waals surface area contributed by atoms with Gasteiger partial charge in [-0.1, -0.05) is 32.0 Å². The average Bonchev–Trinajstić information content (AvgIpc) is 2.46. The zero-order chi connectivity index (χ0) is 15.4. The van der Waals surface area contributed by atoms with Crippen molar-refractivity contribution < 1.29 is 4.74 Å². The van der Waals surface area contributed by atoms with E-state index < -0.39 is 0 Å². The Bertz CT molecular complexity index is 687. The molecule has 2 N–H and O–H groups in total. The fraction of sp³-hybridized carbons (Fsp3) is 0.294. The van der Waals surface area contributed by atoms with E-state index in [9.17, 15) is 5.26 Å². The molecule has 2 rings (SSSR count). The molecule has 4 heteroatoms. The number of pyridine rings is 1. The van der Waals surface area contributed by atoms with Gasteiger partial charge in [0, 0.05) is 16.8 Å². The van der Waals surface area contributed by atoms with Gasteiger partial charge in [0.05, 0.1) is 7.11 Å². The van der Waals surface area contributed by atoms with Crippen LogP contribution >= 0.6 is 0 Å². The summed E-state index contributed by atoms with van der Waals surface area (Å²) in [7, 11) is 1.62. The first-order chi connectivity index (χ1) is 10.1. The number of nitrogen functional groups attached to an aromatic ring is 1. The lowest BCUT2D eigenvalue weighted by atomic mass is 9.97. The number of methoxy groups -OCH3 is 1. The third-order valence-corrected chi connectivity index (χ3v) is 3.23. The van der Waals surface area contributed by atoms with Crippen molar-refractivity contribution in [2.24, 2.45) is 5.92 Å². The van der Waals surface area contributed by atoms with Gasteiger partial charge in [0.25, 0.3) is 0 Å². The molecule has 0 amide bonds. The van der Waals surface area contributed by atoms with Gasteiger partial charge in [-0.2, -0.15) is 5.26 Å². The number of hydrogen-bond donors (Lipinski definition) is 1. The van der Waals surface area contributed by atoms with Gasteiger partial charge in [-0.15, -0.1) is 0 Å². The lowest BCUT2D eigenvalue weighted by Gasteiger charge is -2.13. The van der Waals surface area contributed by atoms with Gasteiger partial charge in [-0.25, -0.2) is 4.98 Å². The molecule has 1 aromatic carbocycles. The number of nitriles is 1. The molecule has 0 aliphatic carbocycles. The molecule has 0 unspecified atom stereocenters. The maximum absolute atomic E-state index is 9.39. The molecule has 2 aromatic rings. The third-order valence-electron chi connectivity index (χ3n) is 3.23. The average molecular weight is 281 g/mol. The minimum absolute atomic E-state index is 0.275. The summed E-state index contributed by atoms with van der Waals surface area (Å²) in [5.41, 5.74) is 8.88. The van der Waals surface area contributed by atoms with Crippen LogP contribution in [0.4, 0.5) is 5.82 Å². The molecule has 0 fully saturated rings. The molecule has 0 bridgehead atoms. The van der Waals surface area contributed by atoms with E-state index in [-0.39, 0.29) is 5.82 Å². The number of ether oxygens (including phenoxy) is 1. The van der Waals surface area contributed by atoms with E-state index in [1.165, 1.54) is 0 Å². The van der Waals surface area contributed by atoms with Gasteiger partial charge in [0.2, 0.25) is 0 Å². The summed E-state index contributed by atoms with van der Waals surface area (Å²) in [6, 6.07) is 11.7. The lowest BCUT2D eigenvalue weighted by Crippen LogP contribution is -2.04. The number of aromatic nitrogens is 1. The molecule has 1 heterocycles. The number of anilines is 1. The van der Waals surface area contributed by atoms with Crippen LogP contribution in [-0.4, -0.2) is 12.1 Å². The quantitative estimate of drug-likeness (QED) is 0.932. The predicted molar refractivity (Wildman–Crippen MR) is 83.9 cm³/mol. The monoisotopic (exact) mass is 281 g/mol. The van der Waals surface area contributed by atoms with E-state index in [1.807, 2.05) is 30.3 Å². The second-order valence-corrected chi connectivity index (χ2v) is 5.33. The van der Waals surface area contributed by atoms with Crippen LogP contribution in [0, 0.1) is 17.2 Å². The molecule has 4 nitrogen and oxygen atoms in total. The molecular formula is C17H19N3O. The van der Waals surface area contributed by atoms with Crippen LogP contribution < -0.4 is 10.5 Å². The van der Waals surface area contributed by atoms with Crippen molar-refractivity contribution in [3.05, 3.63) is 41.6 Å². The summed E-state index contributed by atoms with van der Waals surface area (Å²) in [5.74, 6) is 1.46.